The lowest BCUT2D eigenvalue weighted by molar-refractivity contribution is 0.0111. The standard InChI is InChI=1S/C19H22FN5O2/c1-19(2,3)27-18(26)25-5-4-13(15(20)10-25)14-7-16-12(6-11(14)8-21)9-23-17(22)24-16/h6-7,9,13,15H,4-5,10H2,1-3H3,(H2,22,23,24)/t13-,15+/m0/s1. The van der Waals surface area contributed by atoms with Crippen LogP contribution in [0.2, 0.25) is 0 Å². The van der Waals surface area contributed by atoms with Crippen LogP contribution in [0.3, 0.4) is 0 Å². The Bertz CT molecular complexity index is 919. The number of nitrogens with zero attached hydrogens (tertiary/aromatic N) is 4. The third-order valence-electron chi connectivity index (χ3n) is 4.48. The molecule has 0 bridgehead atoms. The first-order chi connectivity index (χ1) is 12.7. The highest BCUT2D eigenvalue weighted by molar-refractivity contribution is 5.81. The zero-order valence-electron chi connectivity index (χ0n) is 15.6. The van der Waals surface area contributed by atoms with Crippen LogP contribution in [0.15, 0.2) is 18.3 Å². The van der Waals surface area contributed by atoms with Crippen LogP contribution in [0.5, 0.6) is 0 Å². The van der Waals surface area contributed by atoms with Gasteiger partial charge in [-0.1, -0.05) is 0 Å². The number of hydrogen-bond acceptors (Lipinski definition) is 6. The van der Waals surface area contributed by atoms with Crippen molar-refractivity contribution in [3.05, 3.63) is 29.5 Å². The molecule has 0 spiro atoms. The number of carbonyl (C=O) groups excluding carboxylic acids is 1. The third-order valence-corrected chi connectivity index (χ3v) is 4.48. The second kappa shape index (κ2) is 6.99. The first-order valence-corrected chi connectivity index (χ1v) is 8.76. The van der Waals surface area contributed by atoms with E-state index in [0.717, 1.165) is 0 Å². The lowest BCUT2D eigenvalue weighted by atomic mass is 9.85. The number of piperidine rings is 1. The van der Waals surface area contributed by atoms with Crippen LogP contribution in [0, 0.1) is 11.3 Å². The van der Waals surface area contributed by atoms with Gasteiger partial charge in [0.15, 0.2) is 0 Å². The van der Waals surface area contributed by atoms with Crippen molar-refractivity contribution in [2.75, 3.05) is 18.8 Å². The van der Waals surface area contributed by atoms with E-state index in [1.165, 1.54) is 4.90 Å². The highest BCUT2D eigenvalue weighted by Gasteiger charge is 2.35. The van der Waals surface area contributed by atoms with Gasteiger partial charge in [-0.05, 0) is 44.9 Å². The van der Waals surface area contributed by atoms with E-state index >= 15 is 0 Å². The van der Waals surface area contributed by atoms with E-state index in [2.05, 4.69) is 16.0 Å². The molecule has 1 aromatic heterocycles. The Morgan fingerprint density at radius 3 is 2.81 bits per heavy atom. The van der Waals surface area contributed by atoms with E-state index in [1.54, 1.807) is 39.1 Å². The van der Waals surface area contributed by atoms with Crippen molar-refractivity contribution >= 4 is 22.9 Å². The number of nitrogens with two attached hydrogens (primary N) is 1. The SMILES string of the molecule is CC(C)(C)OC(=O)N1CC[C@@H](c2cc3nc(N)ncc3cc2C#N)[C@H](F)C1. The summed E-state index contributed by atoms with van der Waals surface area (Å²) in [5.41, 5.74) is 6.53. The molecule has 8 heteroatoms. The maximum atomic E-state index is 15.0. The van der Waals surface area contributed by atoms with Crippen LogP contribution in [0.1, 0.15) is 44.2 Å². The molecule has 3 rings (SSSR count). The van der Waals surface area contributed by atoms with Crippen molar-refractivity contribution in [3.63, 3.8) is 0 Å². The average Bonchev–Trinajstić information content (AvgIpc) is 2.59. The number of halogens is 1. The number of aromatic nitrogens is 2. The summed E-state index contributed by atoms with van der Waals surface area (Å²) in [4.78, 5) is 21.7. The van der Waals surface area contributed by atoms with Crippen LogP contribution in [0.4, 0.5) is 15.1 Å². The molecule has 1 aliphatic heterocycles. The Kier molecular flexibility index (Phi) is 4.87. The molecule has 2 atom stereocenters. The molecule has 2 aromatic rings. The molecule has 0 aliphatic carbocycles. The van der Waals surface area contributed by atoms with Gasteiger partial charge in [-0.2, -0.15) is 5.26 Å². The van der Waals surface area contributed by atoms with Gasteiger partial charge in [0, 0.05) is 24.0 Å². The van der Waals surface area contributed by atoms with Crippen LogP contribution in [0.25, 0.3) is 10.9 Å². The zero-order valence-corrected chi connectivity index (χ0v) is 15.6. The predicted molar refractivity (Wildman–Crippen MR) is 98.7 cm³/mol. The van der Waals surface area contributed by atoms with E-state index in [4.69, 9.17) is 10.5 Å². The molecule has 0 radical (unpaired) electrons. The normalized spacial score (nSPS) is 20.3. The van der Waals surface area contributed by atoms with Crippen molar-refractivity contribution in [3.8, 4) is 6.07 Å². The molecule has 27 heavy (non-hydrogen) atoms. The fourth-order valence-corrected chi connectivity index (χ4v) is 3.26. The summed E-state index contributed by atoms with van der Waals surface area (Å²) < 4.78 is 20.3. The average molecular weight is 371 g/mol. The Labute approximate surface area is 156 Å². The summed E-state index contributed by atoms with van der Waals surface area (Å²) in [6.45, 7) is 5.59. The minimum Gasteiger partial charge on any atom is -0.444 e. The number of benzene rings is 1. The molecule has 7 nitrogen and oxygen atoms in total. The van der Waals surface area contributed by atoms with Gasteiger partial charge in [0.1, 0.15) is 11.8 Å². The summed E-state index contributed by atoms with van der Waals surface area (Å²) in [7, 11) is 0. The molecule has 0 unspecified atom stereocenters. The van der Waals surface area contributed by atoms with Gasteiger partial charge in [0.25, 0.3) is 0 Å². The largest absolute Gasteiger partial charge is 0.444 e. The van der Waals surface area contributed by atoms with E-state index in [0.29, 0.717) is 35.0 Å². The van der Waals surface area contributed by atoms with Gasteiger partial charge >= 0.3 is 6.09 Å². The van der Waals surface area contributed by atoms with Crippen LogP contribution >= 0.6 is 0 Å². The Morgan fingerprint density at radius 2 is 2.19 bits per heavy atom. The van der Waals surface area contributed by atoms with Crippen molar-refractivity contribution in [2.24, 2.45) is 0 Å². The molecule has 1 aromatic carbocycles. The number of nitriles is 1. The molecular weight excluding hydrogens is 349 g/mol. The molecule has 0 saturated carbocycles. The number of alkyl halides is 1. The van der Waals surface area contributed by atoms with Crippen LogP contribution in [-0.2, 0) is 4.74 Å². The van der Waals surface area contributed by atoms with Crippen LogP contribution < -0.4 is 5.73 Å². The summed E-state index contributed by atoms with van der Waals surface area (Å²) in [5, 5.41) is 10.2. The lowest BCUT2D eigenvalue weighted by Crippen LogP contribution is -2.46. The van der Waals surface area contributed by atoms with E-state index < -0.39 is 23.8 Å². The molecule has 1 fully saturated rings. The van der Waals surface area contributed by atoms with Crippen molar-refractivity contribution in [1.29, 1.82) is 5.26 Å². The quantitative estimate of drug-likeness (QED) is 0.825. The van der Waals surface area contributed by atoms with Gasteiger partial charge < -0.3 is 15.4 Å². The zero-order chi connectivity index (χ0) is 19.8. The van der Waals surface area contributed by atoms with Gasteiger partial charge in [-0.3, -0.25) is 0 Å². The van der Waals surface area contributed by atoms with Gasteiger partial charge in [0.05, 0.1) is 23.7 Å². The topological polar surface area (TPSA) is 105 Å². The van der Waals surface area contributed by atoms with Crippen molar-refractivity contribution in [2.45, 2.75) is 44.9 Å². The maximum Gasteiger partial charge on any atom is 0.410 e. The number of fused-ring (bicyclic) bond motifs is 1. The van der Waals surface area contributed by atoms with Gasteiger partial charge in [0.2, 0.25) is 5.95 Å². The lowest BCUT2D eigenvalue weighted by Gasteiger charge is -2.36. The fraction of sp³-hybridized carbons (Fsp3) is 0.474. The predicted octanol–water partition coefficient (Wildman–Crippen LogP) is 3.15. The number of nitrogen functional groups attached to an aromatic ring is 1. The number of likely N-dealkylation sites (tertiary alicyclic amines) is 1. The first-order valence-electron chi connectivity index (χ1n) is 8.76. The number of hydrogen-bond donors (Lipinski definition) is 1. The summed E-state index contributed by atoms with van der Waals surface area (Å²) in [6.07, 6.45) is 0.0970. The van der Waals surface area contributed by atoms with Crippen molar-refractivity contribution in [1.82, 2.24) is 14.9 Å². The third kappa shape index (κ3) is 4.08. The molecule has 2 heterocycles. The molecular formula is C19H22FN5O2. The van der Waals surface area contributed by atoms with E-state index in [9.17, 15) is 14.4 Å². The second-order valence-electron chi connectivity index (χ2n) is 7.68. The number of ether oxygens (including phenoxy) is 1. The highest BCUT2D eigenvalue weighted by atomic mass is 19.1. The molecule has 1 aliphatic rings. The summed E-state index contributed by atoms with van der Waals surface area (Å²) in [5.74, 6) is -0.381. The van der Waals surface area contributed by atoms with E-state index in [-0.39, 0.29) is 12.5 Å². The number of amides is 1. The molecule has 2 N–H and O–H groups in total. The fourth-order valence-electron chi connectivity index (χ4n) is 3.26. The van der Waals surface area contributed by atoms with Crippen LogP contribution in [-0.4, -0.2) is 45.8 Å². The molecule has 1 amide bonds. The Balaban J connectivity index is 1.85. The molecule has 1 saturated heterocycles. The summed E-state index contributed by atoms with van der Waals surface area (Å²) in [6, 6.07) is 5.48. The smallest absolute Gasteiger partial charge is 0.410 e. The van der Waals surface area contributed by atoms with Crippen molar-refractivity contribution < 1.29 is 13.9 Å². The monoisotopic (exact) mass is 371 g/mol. The van der Waals surface area contributed by atoms with Gasteiger partial charge in [-0.25, -0.2) is 19.2 Å². The molecule has 142 valence electrons. The Morgan fingerprint density at radius 1 is 1.44 bits per heavy atom. The first kappa shape index (κ1) is 18.8. The van der Waals surface area contributed by atoms with Gasteiger partial charge in [-0.15, -0.1) is 0 Å². The minimum atomic E-state index is -1.31. The highest BCUT2D eigenvalue weighted by Crippen LogP contribution is 2.34. The minimum absolute atomic E-state index is 0.0750. The maximum absolute atomic E-state index is 15.0. The Hall–Kier alpha value is -2.95. The number of rotatable bonds is 1. The second-order valence-corrected chi connectivity index (χ2v) is 7.68. The number of carbonyl (C=O) groups is 1. The number of anilines is 1. The summed E-state index contributed by atoms with van der Waals surface area (Å²) >= 11 is 0. The van der Waals surface area contributed by atoms with E-state index in [1.807, 2.05) is 0 Å².